The second-order valence-electron chi connectivity index (χ2n) is 7.16. The van der Waals surface area contributed by atoms with Crippen LogP contribution in [0.1, 0.15) is 20.8 Å². The number of nitrogen functional groups attached to an aromatic ring is 1. The minimum Gasteiger partial charge on any atom is -0.443 e. The lowest BCUT2D eigenvalue weighted by Gasteiger charge is -2.24. The molecule has 7 nitrogen and oxygen atoms in total. The quantitative estimate of drug-likeness (QED) is 0.761. The minimum atomic E-state index is -0.607. The number of anilines is 2. The topological polar surface area (TPSA) is 86.3 Å². The maximum atomic E-state index is 12.5. The normalized spacial score (nSPS) is 11.6. The molecule has 3 rings (SSSR count). The number of aromatic nitrogens is 3. The van der Waals surface area contributed by atoms with Crippen LogP contribution in [-0.2, 0) is 11.8 Å². The van der Waals surface area contributed by atoms with E-state index in [1.54, 1.807) is 13.4 Å². The van der Waals surface area contributed by atoms with E-state index in [4.69, 9.17) is 10.5 Å². The SMILES string of the molecule is CN(C(=O)OC(C)(C)C)c1nc(-c2ccccc2)c(N)c2c1ncn2C. The first-order chi connectivity index (χ1) is 12.2. The molecular formula is C19H23N5O2. The average molecular weight is 353 g/mol. The lowest BCUT2D eigenvalue weighted by atomic mass is 10.1. The molecule has 3 aromatic rings. The number of pyridine rings is 1. The maximum Gasteiger partial charge on any atom is 0.415 e. The van der Waals surface area contributed by atoms with Gasteiger partial charge in [-0.15, -0.1) is 0 Å². The molecule has 2 aromatic heterocycles. The summed E-state index contributed by atoms with van der Waals surface area (Å²) in [6.07, 6.45) is 1.16. The number of fused-ring (bicyclic) bond motifs is 1. The summed E-state index contributed by atoms with van der Waals surface area (Å²) in [5.41, 5.74) is 9.05. The Kier molecular flexibility index (Phi) is 4.31. The van der Waals surface area contributed by atoms with Crippen molar-refractivity contribution < 1.29 is 9.53 Å². The third-order valence-corrected chi connectivity index (χ3v) is 3.91. The smallest absolute Gasteiger partial charge is 0.415 e. The third kappa shape index (κ3) is 3.20. The number of aryl methyl sites for hydroxylation is 1. The van der Waals surface area contributed by atoms with Crippen LogP contribution >= 0.6 is 0 Å². The van der Waals surface area contributed by atoms with Gasteiger partial charge in [0.2, 0.25) is 0 Å². The molecule has 26 heavy (non-hydrogen) atoms. The second kappa shape index (κ2) is 6.33. The van der Waals surface area contributed by atoms with Gasteiger partial charge in [-0.3, -0.25) is 4.90 Å². The molecule has 2 N–H and O–H groups in total. The summed E-state index contributed by atoms with van der Waals surface area (Å²) < 4.78 is 7.29. The van der Waals surface area contributed by atoms with E-state index in [0.717, 1.165) is 11.1 Å². The summed E-state index contributed by atoms with van der Waals surface area (Å²) in [5.74, 6) is 0.405. The van der Waals surface area contributed by atoms with Crippen LogP contribution in [0.4, 0.5) is 16.3 Å². The molecule has 136 valence electrons. The highest BCUT2D eigenvalue weighted by Gasteiger charge is 2.26. The first-order valence-corrected chi connectivity index (χ1v) is 8.31. The zero-order valence-corrected chi connectivity index (χ0v) is 15.6. The monoisotopic (exact) mass is 353 g/mol. The molecule has 0 fully saturated rings. The van der Waals surface area contributed by atoms with E-state index in [9.17, 15) is 4.79 Å². The van der Waals surface area contributed by atoms with Gasteiger partial charge in [0.15, 0.2) is 5.82 Å². The molecule has 0 unspecified atom stereocenters. The van der Waals surface area contributed by atoms with Crippen molar-refractivity contribution >= 4 is 28.6 Å². The van der Waals surface area contributed by atoms with Crippen LogP contribution < -0.4 is 10.6 Å². The van der Waals surface area contributed by atoms with E-state index < -0.39 is 11.7 Å². The van der Waals surface area contributed by atoms with Gasteiger partial charge in [0.1, 0.15) is 11.1 Å². The molecule has 0 saturated heterocycles. The first-order valence-electron chi connectivity index (χ1n) is 8.31. The molecule has 7 heteroatoms. The van der Waals surface area contributed by atoms with E-state index in [1.807, 2.05) is 62.7 Å². The molecule has 0 aliphatic rings. The summed E-state index contributed by atoms with van der Waals surface area (Å²) in [6.45, 7) is 5.46. The fourth-order valence-corrected chi connectivity index (χ4v) is 2.71. The Morgan fingerprint density at radius 2 is 1.88 bits per heavy atom. The number of carbonyl (C=O) groups is 1. The second-order valence-corrected chi connectivity index (χ2v) is 7.16. The summed E-state index contributed by atoms with van der Waals surface area (Å²) in [5, 5.41) is 0. The fourth-order valence-electron chi connectivity index (χ4n) is 2.71. The first kappa shape index (κ1) is 17.7. The number of rotatable bonds is 2. The van der Waals surface area contributed by atoms with E-state index >= 15 is 0 Å². The van der Waals surface area contributed by atoms with E-state index in [0.29, 0.717) is 22.7 Å². The Balaban J connectivity index is 2.19. The summed E-state index contributed by atoms with van der Waals surface area (Å²) in [6, 6.07) is 9.62. The van der Waals surface area contributed by atoms with Crippen LogP contribution in [0.2, 0.25) is 0 Å². The molecule has 1 amide bonds. The minimum absolute atomic E-state index is 0.405. The van der Waals surface area contributed by atoms with Gasteiger partial charge < -0.3 is 15.0 Å². The lowest BCUT2D eigenvalue weighted by Crippen LogP contribution is -2.34. The predicted octanol–water partition coefficient (Wildman–Crippen LogP) is 3.59. The number of hydrogen-bond acceptors (Lipinski definition) is 5. The number of nitrogens with zero attached hydrogens (tertiary/aromatic N) is 4. The maximum absolute atomic E-state index is 12.5. The van der Waals surface area contributed by atoms with Crippen molar-refractivity contribution in [2.24, 2.45) is 7.05 Å². The van der Waals surface area contributed by atoms with Crippen molar-refractivity contribution in [2.75, 3.05) is 17.7 Å². The van der Waals surface area contributed by atoms with Crippen LogP contribution in [0.3, 0.4) is 0 Å². The third-order valence-electron chi connectivity index (χ3n) is 3.91. The Labute approximate surface area is 152 Å². The van der Waals surface area contributed by atoms with Crippen LogP contribution in [0.5, 0.6) is 0 Å². The Morgan fingerprint density at radius 3 is 2.50 bits per heavy atom. The summed E-state index contributed by atoms with van der Waals surface area (Å²) >= 11 is 0. The lowest BCUT2D eigenvalue weighted by molar-refractivity contribution is 0.0588. The molecule has 0 aliphatic carbocycles. The Hall–Kier alpha value is -3.09. The molecule has 0 radical (unpaired) electrons. The molecular weight excluding hydrogens is 330 g/mol. The standard InChI is InChI=1S/C19H23N5O2/c1-19(2,3)26-18(25)24(5)17-15-16(23(4)11-21-15)13(20)14(22-17)12-9-7-6-8-10-12/h6-11H,20H2,1-5H3. The summed E-state index contributed by atoms with van der Waals surface area (Å²) in [4.78, 5) is 23.0. The van der Waals surface area contributed by atoms with Crippen LogP contribution in [0, 0.1) is 0 Å². The molecule has 0 atom stereocenters. The number of hydrogen-bond donors (Lipinski definition) is 1. The average Bonchev–Trinajstić information content (AvgIpc) is 2.96. The van der Waals surface area contributed by atoms with Gasteiger partial charge >= 0.3 is 6.09 Å². The van der Waals surface area contributed by atoms with Crippen molar-refractivity contribution in [3.8, 4) is 11.3 Å². The zero-order valence-electron chi connectivity index (χ0n) is 15.6. The molecule has 1 aromatic carbocycles. The molecule has 0 aliphatic heterocycles. The van der Waals surface area contributed by atoms with Gasteiger partial charge in [0.25, 0.3) is 0 Å². The van der Waals surface area contributed by atoms with Gasteiger partial charge in [-0.05, 0) is 20.8 Å². The highest BCUT2D eigenvalue weighted by molar-refractivity contribution is 6.04. The van der Waals surface area contributed by atoms with Gasteiger partial charge in [-0.25, -0.2) is 14.8 Å². The Bertz CT molecular complexity index is 957. The van der Waals surface area contributed by atoms with Crippen molar-refractivity contribution in [3.63, 3.8) is 0 Å². The van der Waals surface area contributed by atoms with Gasteiger partial charge in [0.05, 0.1) is 23.2 Å². The fraction of sp³-hybridized carbons (Fsp3) is 0.316. The molecule has 2 heterocycles. The highest BCUT2D eigenvalue weighted by Crippen LogP contribution is 2.35. The predicted molar refractivity (Wildman–Crippen MR) is 103 cm³/mol. The number of ether oxygens (including phenoxy) is 1. The van der Waals surface area contributed by atoms with Gasteiger partial charge in [-0.2, -0.15) is 0 Å². The van der Waals surface area contributed by atoms with Crippen LogP contribution in [-0.4, -0.2) is 33.3 Å². The van der Waals surface area contributed by atoms with Gasteiger partial charge in [-0.1, -0.05) is 30.3 Å². The van der Waals surface area contributed by atoms with Crippen LogP contribution in [0.25, 0.3) is 22.3 Å². The molecule has 0 bridgehead atoms. The van der Waals surface area contributed by atoms with Crippen molar-refractivity contribution in [1.82, 2.24) is 14.5 Å². The zero-order chi connectivity index (χ0) is 19.1. The largest absolute Gasteiger partial charge is 0.443 e. The van der Waals surface area contributed by atoms with Crippen molar-refractivity contribution in [2.45, 2.75) is 26.4 Å². The van der Waals surface area contributed by atoms with E-state index in [2.05, 4.69) is 9.97 Å². The number of nitrogens with two attached hydrogens (primary N) is 1. The number of benzene rings is 1. The van der Waals surface area contributed by atoms with Crippen LogP contribution in [0.15, 0.2) is 36.7 Å². The van der Waals surface area contributed by atoms with Gasteiger partial charge in [0, 0.05) is 19.7 Å². The number of amides is 1. The molecule has 0 saturated carbocycles. The van der Waals surface area contributed by atoms with Crippen molar-refractivity contribution in [1.29, 1.82) is 0 Å². The van der Waals surface area contributed by atoms with E-state index in [-0.39, 0.29) is 0 Å². The summed E-state index contributed by atoms with van der Waals surface area (Å²) in [7, 11) is 3.48. The Morgan fingerprint density at radius 1 is 1.23 bits per heavy atom. The number of carbonyl (C=O) groups excluding carboxylic acids is 1. The highest BCUT2D eigenvalue weighted by atomic mass is 16.6. The van der Waals surface area contributed by atoms with E-state index in [1.165, 1.54) is 4.90 Å². The van der Waals surface area contributed by atoms with Crippen molar-refractivity contribution in [3.05, 3.63) is 36.7 Å². The molecule has 0 spiro atoms. The number of imidazole rings is 1.